The molecule has 27 heavy (non-hydrogen) atoms. The second kappa shape index (κ2) is 9.24. The molecule has 0 fully saturated rings. The molecule has 2 heterocycles. The summed E-state index contributed by atoms with van der Waals surface area (Å²) in [5.41, 5.74) is 1.50. The Balaban J connectivity index is 1.97. The van der Waals surface area contributed by atoms with Crippen molar-refractivity contribution in [2.75, 3.05) is 13.2 Å². The van der Waals surface area contributed by atoms with Crippen molar-refractivity contribution in [1.29, 1.82) is 0 Å². The summed E-state index contributed by atoms with van der Waals surface area (Å²) in [4.78, 5) is 12.5. The average molecular weight is 385 g/mol. The van der Waals surface area contributed by atoms with Crippen molar-refractivity contribution in [2.45, 2.75) is 40.0 Å². The molecule has 2 aromatic heterocycles. The number of hydrogen-bond acceptors (Lipinski definition) is 5. The molecule has 0 aliphatic heterocycles. The van der Waals surface area contributed by atoms with Crippen molar-refractivity contribution < 1.29 is 22.3 Å². The number of ether oxygens (including phenoxy) is 1. The Hall–Kier alpha value is -2.78. The molecule has 0 unspecified atom stereocenters. The highest BCUT2D eigenvalue weighted by molar-refractivity contribution is 5.79. The van der Waals surface area contributed by atoms with Crippen LogP contribution in [0, 0.1) is 13.8 Å². The summed E-state index contributed by atoms with van der Waals surface area (Å²) in [6, 6.07) is 3.09. The van der Waals surface area contributed by atoms with Crippen LogP contribution in [0.15, 0.2) is 27.7 Å². The molecule has 148 valence electrons. The van der Waals surface area contributed by atoms with Gasteiger partial charge in [-0.2, -0.15) is 13.2 Å². The van der Waals surface area contributed by atoms with E-state index < -0.39 is 12.8 Å². The number of nitrogens with one attached hydrogen (secondary N) is 2. The third-order valence-electron chi connectivity index (χ3n) is 3.43. The van der Waals surface area contributed by atoms with Crippen molar-refractivity contribution >= 4 is 5.96 Å². The Morgan fingerprint density at radius 3 is 2.70 bits per heavy atom. The van der Waals surface area contributed by atoms with E-state index in [0.29, 0.717) is 30.5 Å². The number of pyridine rings is 1. The average Bonchev–Trinajstić information content (AvgIpc) is 2.93. The number of guanidine groups is 1. The highest BCUT2D eigenvalue weighted by Gasteiger charge is 2.28. The molecule has 0 aromatic carbocycles. The fourth-order valence-electron chi connectivity index (χ4n) is 2.07. The molecule has 0 aliphatic rings. The molecule has 0 radical (unpaired) electrons. The summed E-state index contributed by atoms with van der Waals surface area (Å²) in [7, 11) is 0. The number of alkyl halides is 3. The van der Waals surface area contributed by atoms with E-state index in [1.165, 1.54) is 12.3 Å². The maximum atomic E-state index is 12.2. The van der Waals surface area contributed by atoms with E-state index >= 15 is 0 Å². The lowest BCUT2D eigenvalue weighted by atomic mass is 10.3. The van der Waals surface area contributed by atoms with Crippen molar-refractivity contribution in [1.82, 2.24) is 20.6 Å². The molecular weight excluding hydrogens is 363 g/mol. The highest BCUT2D eigenvalue weighted by Crippen LogP contribution is 2.17. The first-order chi connectivity index (χ1) is 12.8. The van der Waals surface area contributed by atoms with E-state index in [0.717, 1.165) is 11.5 Å². The molecule has 0 saturated heterocycles. The first-order valence-electron chi connectivity index (χ1n) is 8.36. The Bertz CT molecular complexity index is 755. The largest absolute Gasteiger partial charge is 0.468 e. The summed E-state index contributed by atoms with van der Waals surface area (Å²) in [6.07, 6.45) is -3.02. The van der Waals surface area contributed by atoms with Crippen LogP contribution in [-0.2, 0) is 13.1 Å². The smallest absolute Gasteiger partial charge is 0.422 e. The number of nitrogens with zero attached hydrogens (tertiary/aromatic N) is 3. The summed E-state index contributed by atoms with van der Waals surface area (Å²) in [6.45, 7) is 5.49. The molecule has 0 amide bonds. The molecule has 0 atom stereocenters. The molecule has 2 rings (SSSR count). The van der Waals surface area contributed by atoms with Gasteiger partial charge in [0.15, 0.2) is 12.6 Å². The highest BCUT2D eigenvalue weighted by atomic mass is 19.4. The van der Waals surface area contributed by atoms with Gasteiger partial charge in [0.05, 0.1) is 18.8 Å². The summed E-state index contributed by atoms with van der Waals surface area (Å²) >= 11 is 0. The zero-order valence-corrected chi connectivity index (χ0v) is 15.4. The monoisotopic (exact) mass is 385 g/mol. The molecule has 0 bridgehead atoms. The topological polar surface area (TPSA) is 84.6 Å². The van der Waals surface area contributed by atoms with E-state index in [1.54, 1.807) is 6.07 Å². The predicted molar refractivity (Wildman–Crippen MR) is 93.4 cm³/mol. The summed E-state index contributed by atoms with van der Waals surface area (Å²) in [5.74, 6) is 1.74. The molecule has 0 aliphatic carbocycles. The van der Waals surface area contributed by atoms with E-state index in [-0.39, 0.29) is 12.4 Å². The van der Waals surface area contributed by atoms with Crippen LogP contribution in [0.1, 0.15) is 29.8 Å². The van der Waals surface area contributed by atoms with Crippen LogP contribution in [0.4, 0.5) is 13.2 Å². The Kier molecular flexibility index (Phi) is 7.03. The summed E-state index contributed by atoms with van der Waals surface area (Å²) in [5, 5.41) is 6.17. The maximum absolute atomic E-state index is 12.2. The van der Waals surface area contributed by atoms with Crippen LogP contribution in [0.5, 0.6) is 5.88 Å². The van der Waals surface area contributed by atoms with Crippen molar-refractivity contribution in [3.63, 3.8) is 0 Å². The van der Waals surface area contributed by atoms with Crippen molar-refractivity contribution in [2.24, 2.45) is 4.99 Å². The predicted octanol–water partition coefficient (Wildman–Crippen LogP) is 2.88. The minimum atomic E-state index is -4.41. The van der Waals surface area contributed by atoms with Gasteiger partial charge in [0.2, 0.25) is 11.8 Å². The zero-order chi connectivity index (χ0) is 19.9. The van der Waals surface area contributed by atoms with E-state index in [9.17, 15) is 13.2 Å². The van der Waals surface area contributed by atoms with Crippen LogP contribution >= 0.6 is 0 Å². The van der Waals surface area contributed by atoms with E-state index in [1.807, 2.05) is 20.8 Å². The number of rotatable bonds is 7. The molecule has 2 aromatic rings. The van der Waals surface area contributed by atoms with Crippen LogP contribution < -0.4 is 15.4 Å². The lowest BCUT2D eigenvalue weighted by Crippen LogP contribution is -2.36. The normalized spacial score (nSPS) is 12.1. The molecule has 0 saturated carbocycles. The van der Waals surface area contributed by atoms with Gasteiger partial charge < -0.3 is 19.8 Å². The number of oxazole rings is 1. The van der Waals surface area contributed by atoms with Gasteiger partial charge in [-0.15, -0.1) is 0 Å². The summed E-state index contributed by atoms with van der Waals surface area (Å²) < 4.78 is 46.8. The number of halogens is 3. The van der Waals surface area contributed by atoms with E-state index in [4.69, 9.17) is 4.42 Å². The number of aryl methyl sites for hydroxylation is 2. The Morgan fingerprint density at radius 2 is 2.07 bits per heavy atom. The number of hydrogen-bond donors (Lipinski definition) is 2. The van der Waals surface area contributed by atoms with Gasteiger partial charge in [0.25, 0.3) is 0 Å². The van der Waals surface area contributed by atoms with Gasteiger partial charge in [-0.25, -0.2) is 15.0 Å². The zero-order valence-electron chi connectivity index (χ0n) is 15.4. The van der Waals surface area contributed by atoms with Gasteiger partial charge >= 0.3 is 6.18 Å². The van der Waals surface area contributed by atoms with Crippen molar-refractivity contribution in [3.8, 4) is 5.88 Å². The van der Waals surface area contributed by atoms with Crippen LogP contribution in [0.2, 0.25) is 0 Å². The standard InChI is InChI=1S/C17H22F3N5O2/c1-4-21-16(24-9-15-25-11(2)12(3)27-15)23-8-13-5-6-22-14(7-13)26-10-17(18,19)20/h5-7H,4,8-10H2,1-3H3,(H2,21,23,24). The second-order valence-corrected chi connectivity index (χ2v) is 5.70. The van der Waals surface area contributed by atoms with Crippen LogP contribution in [0.3, 0.4) is 0 Å². The van der Waals surface area contributed by atoms with Crippen LogP contribution in [0.25, 0.3) is 0 Å². The molecule has 0 spiro atoms. The quantitative estimate of drug-likeness (QED) is 0.563. The maximum Gasteiger partial charge on any atom is 0.422 e. The molecular formula is C17H22F3N5O2. The first-order valence-corrected chi connectivity index (χ1v) is 8.36. The third kappa shape index (κ3) is 7.16. The van der Waals surface area contributed by atoms with Gasteiger partial charge in [0, 0.05) is 18.8 Å². The van der Waals surface area contributed by atoms with Crippen molar-refractivity contribution in [3.05, 3.63) is 41.2 Å². The Morgan fingerprint density at radius 1 is 1.30 bits per heavy atom. The van der Waals surface area contributed by atoms with Gasteiger partial charge in [0.1, 0.15) is 5.76 Å². The lowest BCUT2D eigenvalue weighted by Gasteiger charge is -2.10. The fraction of sp³-hybridized carbons (Fsp3) is 0.471. The SMILES string of the molecule is CCNC(=NCc1ccnc(OCC(F)(F)F)c1)NCc1nc(C)c(C)o1. The molecule has 7 nitrogen and oxygen atoms in total. The fourth-order valence-corrected chi connectivity index (χ4v) is 2.07. The first kappa shape index (κ1) is 20.5. The minimum Gasteiger partial charge on any atom is -0.468 e. The minimum absolute atomic E-state index is 0.0938. The lowest BCUT2D eigenvalue weighted by molar-refractivity contribution is -0.154. The molecule has 2 N–H and O–H groups in total. The van der Waals surface area contributed by atoms with E-state index in [2.05, 4.69) is 30.3 Å². The third-order valence-corrected chi connectivity index (χ3v) is 3.43. The second-order valence-electron chi connectivity index (χ2n) is 5.70. The number of aromatic nitrogens is 2. The van der Waals surface area contributed by atoms with Gasteiger partial charge in [-0.05, 0) is 32.4 Å². The molecule has 10 heteroatoms. The number of aliphatic imine (C=N–C) groups is 1. The van der Waals surface area contributed by atoms with Crippen LogP contribution in [-0.4, -0.2) is 35.3 Å². The van der Waals surface area contributed by atoms with Gasteiger partial charge in [-0.3, -0.25) is 0 Å². The Labute approximate surface area is 155 Å². The van der Waals surface area contributed by atoms with Gasteiger partial charge in [-0.1, -0.05) is 0 Å².